The summed E-state index contributed by atoms with van der Waals surface area (Å²) >= 11 is 3.49. The van der Waals surface area contributed by atoms with Crippen molar-refractivity contribution in [2.24, 2.45) is 5.73 Å². The minimum atomic E-state index is -0.145. The van der Waals surface area contributed by atoms with Gasteiger partial charge in [0.2, 0.25) is 0 Å². The molecule has 4 N–H and O–H groups in total. The number of aliphatic hydroxyl groups excluding tert-OH is 1. The van der Waals surface area contributed by atoms with E-state index < -0.39 is 0 Å². The van der Waals surface area contributed by atoms with Crippen molar-refractivity contribution in [2.45, 2.75) is 43.9 Å². The summed E-state index contributed by atoms with van der Waals surface area (Å²) in [6.07, 6.45) is 3.90. The molecule has 3 rings (SSSR count). The van der Waals surface area contributed by atoms with Gasteiger partial charge in [0.05, 0.1) is 6.10 Å². The van der Waals surface area contributed by atoms with Crippen LogP contribution in [-0.4, -0.2) is 29.1 Å². The molecule has 2 fully saturated rings. The summed E-state index contributed by atoms with van der Waals surface area (Å²) in [5.74, 6) is 0.0791. The first-order valence-corrected chi connectivity index (χ1v) is 7.46. The molecule has 102 valence electrons. The van der Waals surface area contributed by atoms with Gasteiger partial charge < -0.3 is 15.7 Å². The molecule has 2 saturated heterocycles. The maximum atomic E-state index is 9.85. The number of fused-ring (bicyclic) bond motifs is 2. The van der Waals surface area contributed by atoms with Crippen LogP contribution in [0.2, 0.25) is 0 Å². The van der Waals surface area contributed by atoms with E-state index in [1.807, 2.05) is 18.2 Å². The zero-order valence-corrected chi connectivity index (χ0v) is 12.2. The molecule has 2 aliphatic rings. The third-order valence-corrected chi connectivity index (χ3v) is 4.91. The first-order chi connectivity index (χ1) is 9.06. The Hall–Kier alpha value is -1.07. The summed E-state index contributed by atoms with van der Waals surface area (Å²) in [7, 11) is 0. The van der Waals surface area contributed by atoms with Crippen LogP contribution < -0.4 is 10.6 Å². The second-order valence-electron chi connectivity index (χ2n) is 5.50. The number of hydrogen-bond donors (Lipinski definition) is 3. The zero-order valence-electron chi connectivity index (χ0n) is 10.6. The number of nitrogens with one attached hydrogen (secondary N) is 1. The van der Waals surface area contributed by atoms with Gasteiger partial charge in [0, 0.05) is 27.8 Å². The summed E-state index contributed by atoms with van der Waals surface area (Å²) in [4.78, 5) is 2.43. The Labute approximate surface area is 121 Å². The molecule has 1 aromatic rings. The number of nitrogen functional groups attached to an aromatic ring is 1. The van der Waals surface area contributed by atoms with E-state index in [-0.39, 0.29) is 11.9 Å². The number of halogens is 1. The highest BCUT2D eigenvalue weighted by molar-refractivity contribution is 9.10. The normalized spacial score (nSPS) is 29.6. The molecule has 4 nitrogen and oxygen atoms in total. The van der Waals surface area contributed by atoms with E-state index in [9.17, 15) is 5.11 Å². The maximum absolute atomic E-state index is 9.85. The van der Waals surface area contributed by atoms with Gasteiger partial charge in [-0.05, 0) is 59.8 Å². The molecule has 0 amide bonds. The largest absolute Gasteiger partial charge is 0.393 e. The Morgan fingerprint density at radius 3 is 2.47 bits per heavy atom. The molecule has 0 saturated carbocycles. The highest BCUT2D eigenvalue weighted by atomic mass is 79.9. The molecular formula is C14H18BrN3O. The SMILES string of the molecule is N=C(N)c1ccc(N2C3CCC2CC(O)C3)cc1Br. The molecule has 0 aliphatic carbocycles. The predicted molar refractivity (Wildman–Crippen MR) is 79.7 cm³/mol. The molecule has 0 spiro atoms. The maximum Gasteiger partial charge on any atom is 0.123 e. The minimum Gasteiger partial charge on any atom is -0.393 e. The van der Waals surface area contributed by atoms with Gasteiger partial charge in [0.15, 0.2) is 0 Å². The summed E-state index contributed by atoms with van der Waals surface area (Å²) in [5.41, 5.74) is 7.43. The van der Waals surface area contributed by atoms with Gasteiger partial charge in [-0.1, -0.05) is 0 Å². The van der Waals surface area contributed by atoms with Crippen LogP contribution in [0.25, 0.3) is 0 Å². The highest BCUT2D eigenvalue weighted by Crippen LogP contribution is 2.40. The van der Waals surface area contributed by atoms with Gasteiger partial charge in [-0.3, -0.25) is 5.41 Å². The topological polar surface area (TPSA) is 73.3 Å². The van der Waals surface area contributed by atoms with Crippen LogP contribution >= 0.6 is 15.9 Å². The number of rotatable bonds is 2. The molecule has 2 bridgehead atoms. The van der Waals surface area contributed by atoms with Crippen LogP contribution in [0.4, 0.5) is 5.69 Å². The fourth-order valence-corrected chi connectivity index (χ4v) is 4.03. The van der Waals surface area contributed by atoms with Crippen molar-refractivity contribution in [1.29, 1.82) is 5.41 Å². The average Bonchev–Trinajstić information content (AvgIpc) is 2.61. The van der Waals surface area contributed by atoms with E-state index in [1.54, 1.807) is 0 Å². The third kappa shape index (κ3) is 2.25. The lowest BCUT2D eigenvalue weighted by Crippen LogP contribution is -2.44. The Balaban J connectivity index is 1.91. The lowest BCUT2D eigenvalue weighted by atomic mass is 9.99. The van der Waals surface area contributed by atoms with Crippen LogP contribution in [0, 0.1) is 5.41 Å². The summed E-state index contributed by atoms with van der Waals surface area (Å²) < 4.78 is 0.864. The van der Waals surface area contributed by atoms with E-state index >= 15 is 0 Å². The number of hydrogen-bond acceptors (Lipinski definition) is 3. The molecule has 5 heteroatoms. The van der Waals surface area contributed by atoms with Crippen LogP contribution in [0.15, 0.2) is 22.7 Å². The number of aliphatic hydroxyl groups is 1. The number of amidine groups is 1. The van der Waals surface area contributed by atoms with E-state index in [1.165, 1.54) is 0 Å². The Kier molecular flexibility index (Phi) is 3.27. The monoisotopic (exact) mass is 323 g/mol. The first-order valence-electron chi connectivity index (χ1n) is 6.66. The zero-order chi connectivity index (χ0) is 13.6. The van der Waals surface area contributed by atoms with Gasteiger partial charge in [0.1, 0.15) is 5.84 Å². The number of nitrogens with zero attached hydrogens (tertiary/aromatic N) is 1. The Morgan fingerprint density at radius 1 is 1.32 bits per heavy atom. The molecule has 2 atom stereocenters. The van der Waals surface area contributed by atoms with Gasteiger partial charge in [0.25, 0.3) is 0 Å². The quantitative estimate of drug-likeness (QED) is 0.577. The summed E-state index contributed by atoms with van der Waals surface area (Å²) in [5, 5.41) is 17.4. The van der Waals surface area contributed by atoms with Gasteiger partial charge in [-0.2, -0.15) is 0 Å². The number of piperidine rings is 1. The fourth-order valence-electron chi connectivity index (χ4n) is 3.45. The molecule has 2 aliphatic heterocycles. The van der Waals surface area contributed by atoms with Crippen LogP contribution in [0.1, 0.15) is 31.2 Å². The fraction of sp³-hybridized carbons (Fsp3) is 0.500. The molecule has 0 aromatic heterocycles. The average molecular weight is 324 g/mol. The summed E-state index contributed by atoms with van der Waals surface area (Å²) in [6, 6.07) is 6.86. The van der Waals surface area contributed by atoms with Gasteiger partial charge in [-0.15, -0.1) is 0 Å². The molecule has 19 heavy (non-hydrogen) atoms. The van der Waals surface area contributed by atoms with E-state index in [0.29, 0.717) is 12.1 Å². The molecule has 1 aromatic carbocycles. The number of nitrogens with two attached hydrogens (primary N) is 1. The minimum absolute atomic E-state index is 0.0791. The third-order valence-electron chi connectivity index (χ3n) is 4.25. The smallest absolute Gasteiger partial charge is 0.123 e. The predicted octanol–water partition coefficient (Wildman–Crippen LogP) is 2.23. The molecular weight excluding hydrogens is 306 g/mol. The summed E-state index contributed by atoms with van der Waals surface area (Å²) in [6.45, 7) is 0. The van der Waals surface area contributed by atoms with Crippen molar-refractivity contribution in [2.75, 3.05) is 4.90 Å². The molecule has 2 unspecified atom stereocenters. The van der Waals surface area contributed by atoms with E-state index in [0.717, 1.165) is 41.4 Å². The van der Waals surface area contributed by atoms with Crippen molar-refractivity contribution < 1.29 is 5.11 Å². The second kappa shape index (κ2) is 4.80. The van der Waals surface area contributed by atoms with Crippen molar-refractivity contribution in [3.05, 3.63) is 28.2 Å². The molecule has 2 heterocycles. The van der Waals surface area contributed by atoms with Gasteiger partial charge >= 0.3 is 0 Å². The van der Waals surface area contributed by atoms with Crippen molar-refractivity contribution in [3.8, 4) is 0 Å². The number of benzene rings is 1. The van der Waals surface area contributed by atoms with Crippen LogP contribution in [-0.2, 0) is 0 Å². The standard InChI is InChI=1S/C14H18BrN3O/c15-13-7-10(3-4-12(13)14(16)17)18-8-1-2-9(18)6-11(19)5-8/h3-4,7-9,11,19H,1-2,5-6H2,(H3,16,17). The van der Waals surface area contributed by atoms with Crippen molar-refractivity contribution >= 4 is 27.5 Å². The first kappa shape index (κ1) is 12.9. The van der Waals surface area contributed by atoms with Crippen LogP contribution in [0.3, 0.4) is 0 Å². The lowest BCUT2D eigenvalue weighted by Gasteiger charge is -2.39. The molecule has 0 radical (unpaired) electrons. The lowest BCUT2D eigenvalue weighted by molar-refractivity contribution is 0.126. The Bertz CT molecular complexity index is 505. The van der Waals surface area contributed by atoms with Crippen molar-refractivity contribution in [1.82, 2.24) is 0 Å². The Morgan fingerprint density at radius 2 is 1.95 bits per heavy atom. The van der Waals surface area contributed by atoms with Gasteiger partial charge in [-0.25, -0.2) is 0 Å². The van der Waals surface area contributed by atoms with Crippen LogP contribution in [0.5, 0.6) is 0 Å². The van der Waals surface area contributed by atoms with E-state index in [2.05, 4.69) is 20.8 Å². The van der Waals surface area contributed by atoms with E-state index in [4.69, 9.17) is 11.1 Å². The van der Waals surface area contributed by atoms with Crippen molar-refractivity contribution in [3.63, 3.8) is 0 Å². The number of anilines is 1. The second-order valence-corrected chi connectivity index (χ2v) is 6.35. The highest BCUT2D eigenvalue weighted by Gasteiger charge is 2.40.